The van der Waals surface area contributed by atoms with E-state index in [0.29, 0.717) is 0 Å². The van der Waals surface area contributed by atoms with Gasteiger partial charge in [-0.2, -0.15) is 0 Å². The van der Waals surface area contributed by atoms with Gasteiger partial charge in [0.05, 0.1) is 11.9 Å². The molecule has 196 valence electrons. The van der Waals surface area contributed by atoms with Crippen LogP contribution in [0.3, 0.4) is 0 Å². The Morgan fingerprint density at radius 2 is 1.54 bits per heavy atom. The molecule has 2 amide bonds. The van der Waals surface area contributed by atoms with Gasteiger partial charge in [0.25, 0.3) is 0 Å². The Labute approximate surface area is 228 Å². The molecule has 0 spiro atoms. The van der Waals surface area contributed by atoms with Gasteiger partial charge in [-0.3, -0.25) is 13.9 Å². The minimum atomic E-state index is -3.90. The standard InChI is InChI=1S/C27H29Cl2N3O4S/c1-19-8-7-11-21(12-19)17-31(25(27(34)30-2)13-20-9-5-4-6-10-20)26(33)18-32(37(3,35)36)24-15-22(28)14-23(29)16-24/h4-12,14-16,25H,13,17-18H2,1-3H3,(H,30,34)/t25-/m1/s1. The van der Waals surface area contributed by atoms with E-state index in [-0.39, 0.29) is 34.6 Å². The van der Waals surface area contributed by atoms with E-state index in [4.69, 9.17) is 23.2 Å². The van der Waals surface area contributed by atoms with E-state index >= 15 is 0 Å². The molecule has 3 aromatic rings. The van der Waals surface area contributed by atoms with Crippen LogP contribution >= 0.6 is 23.2 Å². The number of rotatable bonds is 10. The third-order valence-electron chi connectivity index (χ3n) is 5.77. The third-order valence-corrected chi connectivity index (χ3v) is 7.34. The monoisotopic (exact) mass is 561 g/mol. The van der Waals surface area contributed by atoms with E-state index < -0.39 is 28.5 Å². The second-order valence-corrected chi connectivity index (χ2v) is 11.5. The maximum atomic E-state index is 13.9. The molecule has 0 unspecified atom stereocenters. The number of hydrogen-bond acceptors (Lipinski definition) is 4. The molecule has 0 saturated heterocycles. The first-order chi connectivity index (χ1) is 17.5. The van der Waals surface area contributed by atoms with E-state index in [2.05, 4.69) is 5.32 Å². The zero-order valence-corrected chi connectivity index (χ0v) is 23.1. The van der Waals surface area contributed by atoms with Crippen molar-refractivity contribution in [3.8, 4) is 0 Å². The van der Waals surface area contributed by atoms with Crippen molar-refractivity contribution in [3.05, 3.63) is 99.5 Å². The lowest BCUT2D eigenvalue weighted by Gasteiger charge is -2.33. The molecule has 3 aromatic carbocycles. The van der Waals surface area contributed by atoms with Gasteiger partial charge < -0.3 is 10.2 Å². The Bertz CT molecular complexity index is 1350. The maximum absolute atomic E-state index is 13.9. The van der Waals surface area contributed by atoms with Crippen molar-refractivity contribution in [1.82, 2.24) is 10.2 Å². The Balaban J connectivity index is 2.04. The number of anilines is 1. The molecule has 0 bridgehead atoms. The minimum Gasteiger partial charge on any atom is -0.357 e. The number of nitrogens with one attached hydrogen (secondary N) is 1. The summed E-state index contributed by atoms with van der Waals surface area (Å²) in [6.45, 7) is 1.51. The highest BCUT2D eigenvalue weighted by atomic mass is 35.5. The number of amides is 2. The van der Waals surface area contributed by atoms with Crippen LogP contribution in [0, 0.1) is 6.92 Å². The lowest BCUT2D eigenvalue weighted by molar-refractivity contribution is -0.139. The molecule has 0 fully saturated rings. The van der Waals surface area contributed by atoms with Crippen molar-refractivity contribution in [2.24, 2.45) is 0 Å². The number of carbonyl (C=O) groups is 2. The summed E-state index contributed by atoms with van der Waals surface area (Å²) in [6.07, 6.45) is 1.25. The van der Waals surface area contributed by atoms with E-state index in [1.54, 1.807) is 0 Å². The number of hydrogen-bond donors (Lipinski definition) is 1. The average Bonchev–Trinajstić information content (AvgIpc) is 2.83. The molecule has 1 atom stereocenters. The van der Waals surface area contributed by atoms with Crippen LogP contribution in [-0.2, 0) is 32.6 Å². The van der Waals surface area contributed by atoms with Crippen LogP contribution in [0.15, 0.2) is 72.8 Å². The predicted octanol–water partition coefficient (Wildman–Crippen LogP) is 4.45. The highest BCUT2D eigenvalue weighted by Gasteiger charge is 2.32. The van der Waals surface area contributed by atoms with Gasteiger partial charge in [-0.1, -0.05) is 83.4 Å². The summed E-state index contributed by atoms with van der Waals surface area (Å²) in [5.41, 5.74) is 2.82. The van der Waals surface area contributed by atoms with Crippen LogP contribution in [0.2, 0.25) is 10.0 Å². The van der Waals surface area contributed by atoms with Crippen LogP contribution in [-0.4, -0.2) is 51.0 Å². The van der Waals surface area contributed by atoms with Gasteiger partial charge in [-0.25, -0.2) is 8.42 Å². The maximum Gasteiger partial charge on any atom is 0.244 e. The quantitative estimate of drug-likeness (QED) is 0.396. The molecule has 0 aliphatic carbocycles. The lowest BCUT2D eigenvalue weighted by atomic mass is 10.0. The first kappa shape index (κ1) is 28.5. The number of sulfonamides is 1. The molecular formula is C27H29Cl2N3O4S. The SMILES string of the molecule is CNC(=O)[C@@H](Cc1ccccc1)N(Cc1cccc(C)c1)C(=O)CN(c1cc(Cl)cc(Cl)c1)S(C)(=O)=O. The van der Waals surface area contributed by atoms with Crippen LogP contribution in [0.1, 0.15) is 16.7 Å². The van der Waals surface area contributed by atoms with Crippen molar-refractivity contribution in [2.45, 2.75) is 25.9 Å². The topological polar surface area (TPSA) is 86.8 Å². The minimum absolute atomic E-state index is 0.110. The van der Waals surface area contributed by atoms with E-state index in [9.17, 15) is 18.0 Å². The fraction of sp³-hybridized carbons (Fsp3) is 0.259. The number of halogens is 2. The molecule has 0 aromatic heterocycles. The molecule has 7 nitrogen and oxygen atoms in total. The first-order valence-corrected chi connectivity index (χ1v) is 14.1. The van der Waals surface area contributed by atoms with Gasteiger partial charge in [-0.15, -0.1) is 0 Å². The second-order valence-electron chi connectivity index (χ2n) is 8.73. The largest absolute Gasteiger partial charge is 0.357 e. The summed E-state index contributed by atoms with van der Waals surface area (Å²) >= 11 is 12.2. The number of aryl methyl sites for hydroxylation is 1. The fourth-order valence-electron chi connectivity index (χ4n) is 4.02. The van der Waals surface area contributed by atoms with E-state index in [1.165, 1.54) is 30.1 Å². The molecule has 0 saturated carbocycles. The molecule has 37 heavy (non-hydrogen) atoms. The number of nitrogens with zero attached hydrogens (tertiary/aromatic N) is 2. The zero-order valence-electron chi connectivity index (χ0n) is 20.8. The van der Waals surface area contributed by atoms with Crippen molar-refractivity contribution in [3.63, 3.8) is 0 Å². The van der Waals surface area contributed by atoms with Crippen molar-refractivity contribution in [1.29, 1.82) is 0 Å². The number of likely N-dealkylation sites (N-methyl/N-ethyl adjacent to an activating group) is 1. The van der Waals surface area contributed by atoms with E-state index in [1.807, 2.05) is 61.5 Å². The first-order valence-electron chi connectivity index (χ1n) is 11.5. The smallest absolute Gasteiger partial charge is 0.244 e. The number of benzene rings is 3. The third kappa shape index (κ3) is 7.95. The Kier molecular flexibility index (Phi) is 9.59. The summed E-state index contributed by atoms with van der Waals surface area (Å²) in [4.78, 5) is 28.4. The average molecular weight is 563 g/mol. The Morgan fingerprint density at radius 1 is 0.919 bits per heavy atom. The molecule has 3 rings (SSSR count). The lowest BCUT2D eigenvalue weighted by Crippen LogP contribution is -2.52. The summed E-state index contributed by atoms with van der Waals surface area (Å²) in [5.74, 6) is -0.908. The van der Waals surface area contributed by atoms with Gasteiger partial charge in [0, 0.05) is 30.1 Å². The van der Waals surface area contributed by atoms with Gasteiger partial charge in [0.15, 0.2) is 0 Å². The highest BCUT2D eigenvalue weighted by molar-refractivity contribution is 7.92. The molecule has 0 heterocycles. The van der Waals surface area contributed by atoms with Crippen LogP contribution in [0.5, 0.6) is 0 Å². The Morgan fingerprint density at radius 3 is 2.11 bits per heavy atom. The molecule has 0 aliphatic rings. The molecule has 0 radical (unpaired) electrons. The molecule has 1 N–H and O–H groups in total. The van der Waals surface area contributed by atoms with Crippen LogP contribution in [0.4, 0.5) is 5.69 Å². The fourth-order valence-corrected chi connectivity index (χ4v) is 5.37. The molecule has 0 aliphatic heterocycles. The highest BCUT2D eigenvalue weighted by Crippen LogP contribution is 2.27. The van der Waals surface area contributed by atoms with Crippen molar-refractivity contribution in [2.75, 3.05) is 24.2 Å². The summed E-state index contributed by atoms with van der Waals surface area (Å²) in [5, 5.41) is 3.11. The zero-order chi connectivity index (χ0) is 27.2. The summed E-state index contributed by atoms with van der Waals surface area (Å²) in [6, 6.07) is 20.4. The summed E-state index contributed by atoms with van der Waals surface area (Å²) < 4.78 is 26.5. The van der Waals surface area contributed by atoms with Gasteiger partial charge in [0.2, 0.25) is 21.8 Å². The second kappa shape index (κ2) is 12.4. The number of carbonyl (C=O) groups excluding carboxylic acids is 2. The molecule has 10 heteroatoms. The van der Waals surface area contributed by atoms with Crippen molar-refractivity contribution >= 4 is 50.7 Å². The summed E-state index contributed by atoms with van der Waals surface area (Å²) in [7, 11) is -2.40. The van der Waals surface area contributed by atoms with Crippen LogP contribution < -0.4 is 9.62 Å². The normalized spacial score (nSPS) is 12.0. The predicted molar refractivity (Wildman–Crippen MR) is 148 cm³/mol. The van der Waals surface area contributed by atoms with Crippen molar-refractivity contribution < 1.29 is 18.0 Å². The van der Waals surface area contributed by atoms with Gasteiger partial charge in [-0.05, 0) is 36.2 Å². The van der Waals surface area contributed by atoms with Gasteiger partial charge >= 0.3 is 0 Å². The van der Waals surface area contributed by atoms with Crippen LogP contribution in [0.25, 0.3) is 0 Å². The van der Waals surface area contributed by atoms with Gasteiger partial charge in [0.1, 0.15) is 12.6 Å². The molecular weight excluding hydrogens is 533 g/mol. The van der Waals surface area contributed by atoms with E-state index in [0.717, 1.165) is 27.3 Å². The Hall–Kier alpha value is -3.07.